The van der Waals surface area contributed by atoms with Crippen molar-refractivity contribution < 1.29 is 9.53 Å². The van der Waals surface area contributed by atoms with E-state index in [1.54, 1.807) is 6.20 Å². The summed E-state index contributed by atoms with van der Waals surface area (Å²) in [6.07, 6.45) is 1.32. The Morgan fingerprint density at radius 1 is 1.56 bits per heavy atom. The van der Waals surface area contributed by atoms with E-state index in [1.165, 1.54) is 11.3 Å². The SMILES string of the molecule is CNc1ncc(CNC(=O)OC(C)(C)C)s1. The van der Waals surface area contributed by atoms with Gasteiger partial charge in [0.25, 0.3) is 0 Å². The van der Waals surface area contributed by atoms with Crippen LogP contribution in [0.2, 0.25) is 0 Å². The molecule has 1 rings (SSSR count). The molecule has 0 aromatic carbocycles. The Morgan fingerprint density at radius 2 is 2.25 bits per heavy atom. The molecule has 1 aromatic rings. The maximum atomic E-state index is 11.3. The fraction of sp³-hybridized carbons (Fsp3) is 0.600. The van der Waals surface area contributed by atoms with E-state index >= 15 is 0 Å². The Kier molecular flexibility index (Phi) is 4.12. The standard InChI is InChI=1S/C10H17N3O2S/c1-10(2,3)15-9(14)13-6-7-5-12-8(11-4)16-7/h5H,6H2,1-4H3,(H,11,12)(H,13,14). The highest BCUT2D eigenvalue weighted by Gasteiger charge is 2.15. The third kappa shape index (κ3) is 4.48. The van der Waals surface area contributed by atoms with Gasteiger partial charge in [-0.3, -0.25) is 0 Å². The number of carbonyl (C=O) groups is 1. The smallest absolute Gasteiger partial charge is 0.407 e. The zero-order chi connectivity index (χ0) is 12.2. The molecule has 2 N–H and O–H groups in total. The van der Waals surface area contributed by atoms with Crippen molar-refractivity contribution in [2.75, 3.05) is 12.4 Å². The summed E-state index contributed by atoms with van der Waals surface area (Å²) in [5.41, 5.74) is -0.464. The zero-order valence-electron chi connectivity index (χ0n) is 9.96. The van der Waals surface area contributed by atoms with Crippen molar-refractivity contribution in [2.24, 2.45) is 0 Å². The minimum absolute atomic E-state index is 0.410. The lowest BCUT2D eigenvalue weighted by Gasteiger charge is -2.19. The van der Waals surface area contributed by atoms with Gasteiger partial charge in [-0.05, 0) is 20.8 Å². The molecule has 0 aliphatic heterocycles. The first-order valence-electron chi connectivity index (χ1n) is 5.00. The lowest BCUT2D eigenvalue weighted by molar-refractivity contribution is 0.0524. The number of nitrogens with zero attached hydrogens (tertiary/aromatic N) is 1. The molecule has 16 heavy (non-hydrogen) atoms. The molecule has 0 aliphatic carbocycles. The highest BCUT2D eigenvalue weighted by Crippen LogP contribution is 2.17. The lowest BCUT2D eigenvalue weighted by atomic mass is 10.2. The molecule has 0 fully saturated rings. The molecular formula is C10H17N3O2S. The Labute approximate surface area is 99.2 Å². The fourth-order valence-corrected chi connectivity index (χ4v) is 1.68. The first-order chi connectivity index (χ1) is 7.40. The maximum absolute atomic E-state index is 11.3. The molecule has 0 atom stereocenters. The zero-order valence-corrected chi connectivity index (χ0v) is 10.8. The van der Waals surface area contributed by atoms with Crippen LogP contribution in [0.3, 0.4) is 0 Å². The molecule has 0 saturated heterocycles. The molecule has 0 unspecified atom stereocenters. The number of thiazole rings is 1. The van der Waals surface area contributed by atoms with Crippen LogP contribution in [0, 0.1) is 0 Å². The average molecular weight is 243 g/mol. The summed E-state index contributed by atoms with van der Waals surface area (Å²) in [5.74, 6) is 0. The number of carbonyl (C=O) groups excluding carboxylic acids is 1. The van der Waals surface area contributed by atoms with E-state index in [1.807, 2.05) is 27.8 Å². The molecule has 5 nitrogen and oxygen atoms in total. The van der Waals surface area contributed by atoms with Crippen LogP contribution in [0.1, 0.15) is 25.6 Å². The van der Waals surface area contributed by atoms with Gasteiger partial charge in [0.05, 0.1) is 6.54 Å². The number of anilines is 1. The molecule has 0 radical (unpaired) electrons. The highest BCUT2D eigenvalue weighted by molar-refractivity contribution is 7.15. The van der Waals surface area contributed by atoms with Gasteiger partial charge in [-0.2, -0.15) is 0 Å². The summed E-state index contributed by atoms with van der Waals surface area (Å²) < 4.78 is 5.11. The number of ether oxygens (including phenoxy) is 1. The van der Waals surface area contributed by atoms with E-state index in [4.69, 9.17) is 4.74 Å². The van der Waals surface area contributed by atoms with Crippen LogP contribution in [0.25, 0.3) is 0 Å². The van der Waals surface area contributed by atoms with Crippen molar-refractivity contribution in [3.05, 3.63) is 11.1 Å². The van der Waals surface area contributed by atoms with Crippen LogP contribution in [0.15, 0.2) is 6.20 Å². The predicted octanol–water partition coefficient (Wildman–Crippen LogP) is 2.21. The molecule has 1 aromatic heterocycles. The van der Waals surface area contributed by atoms with Gasteiger partial charge in [-0.25, -0.2) is 9.78 Å². The van der Waals surface area contributed by atoms with E-state index in [9.17, 15) is 4.79 Å². The molecule has 0 bridgehead atoms. The Balaban J connectivity index is 2.37. The number of aromatic nitrogens is 1. The number of rotatable bonds is 3. The largest absolute Gasteiger partial charge is 0.444 e. The summed E-state index contributed by atoms with van der Waals surface area (Å²) in [7, 11) is 1.81. The first kappa shape index (κ1) is 12.8. The van der Waals surface area contributed by atoms with Crippen LogP contribution in [-0.2, 0) is 11.3 Å². The van der Waals surface area contributed by atoms with Crippen molar-refractivity contribution in [1.82, 2.24) is 10.3 Å². The van der Waals surface area contributed by atoms with E-state index in [-0.39, 0.29) is 0 Å². The van der Waals surface area contributed by atoms with Crippen LogP contribution >= 0.6 is 11.3 Å². The second-order valence-corrected chi connectivity index (χ2v) is 5.35. The summed E-state index contributed by atoms with van der Waals surface area (Å²) in [4.78, 5) is 16.4. The normalized spacial score (nSPS) is 11.0. The van der Waals surface area contributed by atoms with Crippen LogP contribution in [0.5, 0.6) is 0 Å². The van der Waals surface area contributed by atoms with Crippen LogP contribution in [0.4, 0.5) is 9.93 Å². The van der Waals surface area contributed by atoms with E-state index in [0.717, 1.165) is 10.0 Å². The molecule has 90 valence electrons. The predicted molar refractivity (Wildman–Crippen MR) is 64.7 cm³/mol. The van der Waals surface area contributed by atoms with Gasteiger partial charge < -0.3 is 15.4 Å². The van der Waals surface area contributed by atoms with Crippen molar-refractivity contribution >= 4 is 22.6 Å². The monoisotopic (exact) mass is 243 g/mol. The first-order valence-corrected chi connectivity index (χ1v) is 5.81. The number of hydrogen-bond donors (Lipinski definition) is 2. The quantitative estimate of drug-likeness (QED) is 0.854. The molecule has 0 aliphatic rings. The minimum atomic E-state index is -0.464. The number of hydrogen-bond acceptors (Lipinski definition) is 5. The molecular weight excluding hydrogens is 226 g/mol. The second kappa shape index (κ2) is 5.16. The van der Waals surface area contributed by atoms with Gasteiger partial charge in [0.1, 0.15) is 5.60 Å². The summed E-state index contributed by atoms with van der Waals surface area (Å²) in [6, 6.07) is 0. The fourth-order valence-electron chi connectivity index (χ4n) is 0.978. The van der Waals surface area contributed by atoms with Gasteiger partial charge in [0, 0.05) is 18.1 Å². The second-order valence-electron chi connectivity index (χ2n) is 4.24. The molecule has 0 spiro atoms. The molecule has 0 saturated carbocycles. The van der Waals surface area contributed by atoms with Gasteiger partial charge in [-0.1, -0.05) is 0 Å². The topological polar surface area (TPSA) is 63.2 Å². The lowest BCUT2D eigenvalue weighted by Crippen LogP contribution is -2.31. The third-order valence-electron chi connectivity index (χ3n) is 1.57. The number of nitrogens with one attached hydrogen (secondary N) is 2. The van der Waals surface area contributed by atoms with E-state index in [0.29, 0.717) is 6.54 Å². The van der Waals surface area contributed by atoms with E-state index < -0.39 is 11.7 Å². The third-order valence-corrected chi connectivity index (χ3v) is 2.59. The highest BCUT2D eigenvalue weighted by atomic mass is 32.1. The van der Waals surface area contributed by atoms with Crippen molar-refractivity contribution in [3.8, 4) is 0 Å². The molecule has 6 heteroatoms. The van der Waals surface area contributed by atoms with Crippen molar-refractivity contribution in [2.45, 2.75) is 32.9 Å². The summed E-state index contributed by atoms with van der Waals surface area (Å²) in [5, 5.41) is 6.45. The van der Waals surface area contributed by atoms with Gasteiger partial charge in [-0.15, -0.1) is 11.3 Å². The number of alkyl carbamates (subject to hydrolysis) is 1. The van der Waals surface area contributed by atoms with Crippen LogP contribution in [-0.4, -0.2) is 23.7 Å². The van der Waals surface area contributed by atoms with Crippen molar-refractivity contribution in [1.29, 1.82) is 0 Å². The van der Waals surface area contributed by atoms with Gasteiger partial charge in [0.2, 0.25) is 0 Å². The maximum Gasteiger partial charge on any atom is 0.407 e. The average Bonchev–Trinajstić information content (AvgIpc) is 2.59. The van der Waals surface area contributed by atoms with Gasteiger partial charge >= 0.3 is 6.09 Å². The Hall–Kier alpha value is -1.30. The summed E-state index contributed by atoms with van der Waals surface area (Å²) in [6.45, 7) is 5.93. The Morgan fingerprint density at radius 3 is 2.75 bits per heavy atom. The van der Waals surface area contributed by atoms with Crippen molar-refractivity contribution in [3.63, 3.8) is 0 Å². The summed E-state index contributed by atoms with van der Waals surface area (Å²) >= 11 is 1.50. The van der Waals surface area contributed by atoms with Crippen LogP contribution < -0.4 is 10.6 Å². The minimum Gasteiger partial charge on any atom is -0.444 e. The Bertz CT molecular complexity index is 357. The molecule has 1 amide bonds. The molecule has 1 heterocycles. The van der Waals surface area contributed by atoms with E-state index in [2.05, 4.69) is 15.6 Å². The number of amides is 1. The van der Waals surface area contributed by atoms with Gasteiger partial charge in [0.15, 0.2) is 5.13 Å².